The first kappa shape index (κ1) is 13.4. The SMILES string of the molecule is Cc1cc(C)nc(OC(C)(C(=O)O)C(C)C)n1. The first-order chi connectivity index (χ1) is 7.75. The van der Waals surface area contributed by atoms with E-state index in [1.807, 2.05) is 13.8 Å². The largest absolute Gasteiger partial charge is 0.478 e. The zero-order valence-corrected chi connectivity index (χ0v) is 10.8. The Morgan fingerprint density at radius 3 is 2.18 bits per heavy atom. The van der Waals surface area contributed by atoms with Gasteiger partial charge in [0.15, 0.2) is 0 Å². The maximum absolute atomic E-state index is 11.3. The van der Waals surface area contributed by atoms with Gasteiger partial charge in [-0.2, -0.15) is 0 Å². The first-order valence-corrected chi connectivity index (χ1v) is 5.50. The summed E-state index contributed by atoms with van der Waals surface area (Å²) in [6.45, 7) is 8.73. The molecule has 1 aromatic rings. The lowest BCUT2D eigenvalue weighted by molar-refractivity contribution is -0.158. The molecular weight excluding hydrogens is 220 g/mol. The van der Waals surface area contributed by atoms with E-state index in [2.05, 4.69) is 9.97 Å². The van der Waals surface area contributed by atoms with Crippen LogP contribution in [0.25, 0.3) is 0 Å². The van der Waals surface area contributed by atoms with Crippen molar-refractivity contribution in [2.24, 2.45) is 5.92 Å². The highest BCUT2D eigenvalue weighted by molar-refractivity contribution is 5.77. The van der Waals surface area contributed by atoms with Crippen molar-refractivity contribution >= 4 is 5.97 Å². The summed E-state index contributed by atoms with van der Waals surface area (Å²) in [5, 5.41) is 9.22. The molecule has 5 heteroatoms. The Hall–Kier alpha value is -1.65. The highest BCUT2D eigenvalue weighted by Crippen LogP contribution is 2.23. The molecule has 1 heterocycles. The van der Waals surface area contributed by atoms with Crippen molar-refractivity contribution in [2.45, 2.75) is 40.2 Å². The van der Waals surface area contributed by atoms with E-state index in [1.165, 1.54) is 6.92 Å². The molecule has 0 aliphatic rings. The molecule has 1 unspecified atom stereocenters. The predicted molar refractivity (Wildman–Crippen MR) is 63.0 cm³/mol. The van der Waals surface area contributed by atoms with Crippen LogP contribution in [0.2, 0.25) is 0 Å². The monoisotopic (exact) mass is 238 g/mol. The van der Waals surface area contributed by atoms with E-state index >= 15 is 0 Å². The standard InChI is InChI=1S/C12H18N2O3/c1-7(2)12(5,10(15)16)17-11-13-8(3)6-9(4)14-11/h6-7H,1-5H3,(H,15,16). The number of carboxylic acids is 1. The Bertz CT molecular complexity index is 412. The van der Waals surface area contributed by atoms with Gasteiger partial charge in [0.2, 0.25) is 5.60 Å². The van der Waals surface area contributed by atoms with Crippen molar-refractivity contribution in [3.63, 3.8) is 0 Å². The zero-order valence-electron chi connectivity index (χ0n) is 10.8. The van der Waals surface area contributed by atoms with Crippen molar-refractivity contribution in [2.75, 3.05) is 0 Å². The number of carboxylic acid groups (broad SMARTS) is 1. The average molecular weight is 238 g/mol. The van der Waals surface area contributed by atoms with Gasteiger partial charge in [-0.1, -0.05) is 13.8 Å². The minimum absolute atomic E-state index is 0.112. The first-order valence-electron chi connectivity index (χ1n) is 5.50. The summed E-state index contributed by atoms with van der Waals surface area (Å²) in [6.07, 6.45) is 0. The van der Waals surface area contributed by atoms with Gasteiger partial charge in [-0.25, -0.2) is 14.8 Å². The number of aromatic nitrogens is 2. The van der Waals surface area contributed by atoms with Crippen molar-refractivity contribution in [1.82, 2.24) is 9.97 Å². The second-order valence-electron chi connectivity index (χ2n) is 4.60. The van der Waals surface area contributed by atoms with E-state index in [0.29, 0.717) is 0 Å². The maximum atomic E-state index is 11.3. The summed E-state index contributed by atoms with van der Waals surface area (Å²) >= 11 is 0. The quantitative estimate of drug-likeness (QED) is 0.868. The Morgan fingerprint density at radius 1 is 1.35 bits per heavy atom. The second-order valence-corrected chi connectivity index (χ2v) is 4.60. The Labute approximate surface area is 101 Å². The third kappa shape index (κ3) is 2.93. The molecule has 0 radical (unpaired) electrons. The van der Waals surface area contributed by atoms with E-state index in [-0.39, 0.29) is 11.9 Å². The molecule has 0 aromatic carbocycles. The summed E-state index contributed by atoms with van der Waals surface area (Å²) in [4.78, 5) is 19.4. The van der Waals surface area contributed by atoms with Crippen molar-refractivity contribution in [3.8, 4) is 6.01 Å². The van der Waals surface area contributed by atoms with E-state index < -0.39 is 11.6 Å². The normalized spacial score (nSPS) is 14.5. The fourth-order valence-corrected chi connectivity index (χ4v) is 1.34. The maximum Gasteiger partial charge on any atom is 0.348 e. The van der Waals surface area contributed by atoms with Gasteiger partial charge in [-0.05, 0) is 26.8 Å². The molecule has 5 nitrogen and oxygen atoms in total. The highest BCUT2D eigenvalue weighted by Gasteiger charge is 2.40. The average Bonchev–Trinajstić information content (AvgIpc) is 2.14. The molecule has 0 aliphatic heterocycles. The van der Waals surface area contributed by atoms with E-state index in [4.69, 9.17) is 4.74 Å². The lowest BCUT2D eigenvalue weighted by Gasteiger charge is -2.28. The molecule has 0 saturated heterocycles. The summed E-state index contributed by atoms with van der Waals surface area (Å²) < 4.78 is 5.46. The molecule has 1 rings (SSSR count). The topological polar surface area (TPSA) is 72.3 Å². The van der Waals surface area contributed by atoms with Crippen molar-refractivity contribution < 1.29 is 14.6 Å². The molecule has 1 atom stereocenters. The van der Waals surface area contributed by atoms with Gasteiger partial charge < -0.3 is 9.84 Å². The smallest absolute Gasteiger partial charge is 0.348 e. The van der Waals surface area contributed by atoms with Crippen LogP contribution in [0.3, 0.4) is 0 Å². The Morgan fingerprint density at radius 2 is 1.82 bits per heavy atom. The minimum atomic E-state index is -1.32. The van der Waals surface area contributed by atoms with E-state index in [0.717, 1.165) is 11.4 Å². The summed E-state index contributed by atoms with van der Waals surface area (Å²) in [5.41, 5.74) is 0.188. The lowest BCUT2D eigenvalue weighted by atomic mass is 9.92. The van der Waals surface area contributed by atoms with Gasteiger partial charge in [-0.3, -0.25) is 0 Å². The Kier molecular flexibility index (Phi) is 3.70. The van der Waals surface area contributed by atoms with Crippen LogP contribution in [0.15, 0.2) is 6.07 Å². The number of rotatable bonds is 4. The van der Waals surface area contributed by atoms with Crippen LogP contribution in [-0.2, 0) is 4.79 Å². The van der Waals surface area contributed by atoms with Crippen LogP contribution in [0.5, 0.6) is 6.01 Å². The molecule has 0 amide bonds. The van der Waals surface area contributed by atoms with Crippen molar-refractivity contribution in [3.05, 3.63) is 17.5 Å². The van der Waals surface area contributed by atoms with Crippen LogP contribution in [-0.4, -0.2) is 26.6 Å². The van der Waals surface area contributed by atoms with Crippen LogP contribution < -0.4 is 4.74 Å². The van der Waals surface area contributed by atoms with E-state index in [1.54, 1.807) is 19.9 Å². The zero-order chi connectivity index (χ0) is 13.2. The summed E-state index contributed by atoms with van der Waals surface area (Å²) in [5.74, 6) is -1.21. The lowest BCUT2D eigenvalue weighted by Crippen LogP contribution is -2.46. The molecule has 0 spiro atoms. The second kappa shape index (κ2) is 4.69. The number of aliphatic carboxylic acids is 1. The molecule has 1 N–H and O–H groups in total. The molecule has 0 aliphatic carbocycles. The number of carbonyl (C=O) groups is 1. The molecule has 0 fully saturated rings. The van der Waals surface area contributed by atoms with E-state index in [9.17, 15) is 9.90 Å². The predicted octanol–water partition coefficient (Wildman–Crippen LogP) is 1.97. The van der Waals surface area contributed by atoms with Gasteiger partial charge in [0.05, 0.1) is 0 Å². The third-order valence-electron chi connectivity index (χ3n) is 2.79. The highest BCUT2D eigenvalue weighted by atomic mass is 16.5. The van der Waals surface area contributed by atoms with Crippen LogP contribution in [0.1, 0.15) is 32.2 Å². The van der Waals surface area contributed by atoms with Gasteiger partial charge in [0.25, 0.3) is 0 Å². The molecule has 0 saturated carbocycles. The third-order valence-corrected chi connectivity index (χ3v) is 2.79. The fourth-order valence-electron chi connectivity index (χ4n) is 1.34. The van der Waals surface area contributed by atoms with Crippen molar-refractivity contribution in [1.29, 1.82) is 0 Å². The number of hydrogen-bond donors (Lipinski definition) is 1. The van der Waals surface area contributed by atoms with Gasteiger partial charge >= 0.3 is 12.0 Å². The summed E-state index contributed by atoms with van der Waals surface area (Å²) in [7, 11) is 0. The minimum Gasteiger partial charge on any atom is -0.478 e. The molecule has 1 aromatic heterocycles. The van der Waals surface area contributed by atoms with Crippen LogP contribution in [0.4, 0.5) is 0 Å². The molecule has 0 bridgehead atoms. The summed E-state index contributed by atoms with van der Waals surface area (Å²) in [6, 6.07) is 1.92. The van der Waals surface area contributed by atoms with Crippen LogP contribution in [0, 0.1) is 19.8 Å². The Balaban J connectivity index is 3.06. The molecular formula is C12H18N2O3. The van der Waals surface area contributed by atoms with Crippen LogP contribution >= 0.6 is 0 Å². The number of nitrogens with zero attached hydrogens (tertiary/aromatic N) is 2. The number of hydrogen-bond acceptors (Lipinski definition) is 4. The molecule has 94 valence electrons. The van der Waals surface area contributed by atoms with Gasteiger partial charge in [0.1, 0.15) is 0 Å². The van der Waals surface area contributed by atoms with Gasteiger partial charge in [0, 0.05) is 17.3 Å². The molecule has 17 heavy (non-hydrogen) atoms. The number of ether oxygens (including phenoxy) is 1. The van der Waals surface area contributed by atoms with Gasteiger partial charge in [-0.15, -0.1) is 0 Å². The number of aryl methyl sites for hydroxylation is 2. The fraction of sp³-hybridized carbons (Fsp3) is 0.583.